The Morgan fingerprint density at radius 2 is 0.518 bits per heavy atom. The van der Waals surface area contributed by atoms with Crippen molar-refractivity contribution < 1.29 is 32.8 Å². The first-order valence-electron chi connectivity index (χ1n) is 29.0. The quantitative estimate of drug-likeness (QED) is 0.0516. The second-order valence-corrected chi connectivity index (χ2v) is 32.6. The molecule has 0 aliphatic heterocycles. The lowest BCUT2D eigenvalue weighted by atomic mass is 10.1. The van der Waals surface area contributed by atoms with Gasteiger partial charge in [-0.25, -0.2) is 8.42 Å². The van der Waals surface area contributed by atoms with Crippen LogP contribution in [0.3, 0.4) is 0 Å². The Morgan fingerprint density at radius 1 is 0.318 bits per heavy atom. The first-order chi connectivity index (χ1) is 41.4. The van der Waals surface area contributed by atoms with Gasteiger partial charge in [-0.1, -0.05) is 216 Å². The van der Waals surface area contributed by atoms with Gasteiger partial charge in [-0.3, -0.25) is 0 Å². The van der Waals surface area contributed by atoms with E-state index < -0.39 is 59.9 Å². The minimum Gasteiger partial charge on any atom is -0.744 e. The Morgan fingerprint density at radius 3 is 0.671 bits per heavy atom. The summed E-state index contributed by atoms with van der Waals surface area (Å²) in [6, 6.07) is 102. The van der Waals surface area contributed by atoms with Gasteiger partial charge in [0.05, 0.1) is 35.3 Å². The van der Waals surface area contributed by atoms with E-state index in [9.17, 15) is 32.8 Å². The average Bonchev–Trinajstić information content (AvgIpc) is 2.51. The highest BCUT2D eigenvalue weighted by molar-refractivity contribution is 7.96. The number of unbranched alkanes of at least 4 members (excludes halogenated alkanes) is 3. The predicted molar refractivity (Wildman–Crippen MR) is 358 cm³/mol. The van der Waals surface area contributed by atoms with Gasteiger partial charge in [-0.2, -0.15) is 0 Å². The van der Waals surface area contributed by atoms with Crippen LogP contribution in [0.25, 0.3) is 0 Å². The monoisotopic (exact) mass is 1200 g/mol. The van der Waals surface area contributed by atoms with Gasteiger partial charge >= 0.3 is 0 Å². The molecule has 0 unspecified atom stereocenters. The molecule has 0 atom stereocenters. The Kier molecular flexibility index (Phi) is 24.9. The number of carbonyl (C=O) groups is 2. The molecule has 10 rings (SSSR count). The minimum atomic E-state index is -5.10. The molecule has 0 saturated carbocycles. The normalized spacial score (nSPS) is 11.3. The molecular formula is C74H75O7P3S. The molecule has 434 valence electrons. The molecule has 10 aromatic rings. The third kappa shape index (κ3) is 16.4. The van der Waals surface area contributed by atoms with Crippen molar-refractivity contribution in [1.29, 1.82) is 0 Å². The highest BCUT2D eigenvalue weighted by Crippen LogP contribution is 2.58. The van der Waals surface area contributed by atoms with Crippen LogP contribution in [0.1, 0.15) is 80.0 Å². The molecule has 0 N–H and O–H groups in total. The van der Waals surface area contributed by atoms with E-state index in [4.69, 9.17) is 0 Å². The standard InChI is InChI=1S/3C22H24P.C8H6O7S/c3*1-2-3-19-23(20-13-7-4-8-14-20,21-15-9-5-10-16-21)22-17-11-6-12-18-22;9-7(10)4-1-2-5(8(11)12)6(3-4)16(13,14)15/h3*4-18H,2-3,19H2,1H3;1-3H,(H,9,10)(H,11,12)(H,13,14,15)/q3*+1;/p-3. The Labute approximate surface area is 506 Å². The Balaban J connectivity index is 0.000000164. The van der Waals surface area contributed by atoms with Crippen molar-refractivity contribution in [2.45, 2.75) is 64.2 Å². The fourth-order valence-electron chi connectivity index (χ4n) is 10.9. The second kappa shape index (κ2) is 32.6. The number of hydrogen-bond donors (Lipinski definition) is 0. The first-order valence-corrected chi connectivity index (χ1v) is 36.4. The van der Waals surface area contributed by atoms with E-state index in [0.29, 0.717) is 12.1 Å². The molecule has 0 aliphatic rings. The summed E-state index contributed by atoms with van der Waals surface area (Å²) in [5, 5.41) is 34.3. The van der Waals surface area contributed by atoms with E-state index in [1.165, 1.54) is 105 Å². The zero-order valence-corrected chi connectivity index (χ0v) is 52.2. The highest BCUT2D eigenvalue weighted by Gasteiger charge is 2.46. The van der Waals surface area contributed by atoms with Crippen molar-refractivity contribution in [2.75, 3.05) is 18.5 Å². The van der Waals surface area contributed by atoms with E-state index >= 15 is 0 Å². The second-order valence-electron chi connectivity index (χ2n) is 20.4. The van der Waals surface area contributed by atoms with Crippen LogP contribution in [0.5, 0.6) is 0 Å². The summed E-state index contributed by atoms with van der Waals surface area (Å²) in [6.07, 6.45) is 11.2. The summed E-state index contributed by atoms with van der Waals surface area (Å²) in [6.45, 7) is 6.86. The molecular weight excluding hydrogens is 1130 g/mol. The number of hydrogen-bond acceptors (Lipinski definition) is 7. The van der Waals surface area contributed by atoms with Crippen molar-refractivity contribution in [2.24, 2.45) is 0 Å². The van der Waals surface area contributed by atoms with Crippen molar-refractivity contribution in [3.63, 3.8) is 0 Å². The molecule has 7 nitrogen and oxygen atoms in total. The number of carboxylic acid groups (broad SMARTS) is 2. The zero-order valence-electron chi connectivity index (χ0n) is 48.7. The molecule has 0 saturated heterocycles. The largest absolute Gasteiger partial charge is 0.744 e. The van der Waals surface area contributed by atoms with Crippen molar-refractivity contribution >= 4 is 91.6 Å². The summed E-state index contributed by atoms with van der Waals surface area (Å²) in [4.78, 5) is 19.7. The molecule has 85 heavy (non-hydrogen) atoms. The number of carbonyl (C=O) groups excluding carboxylic acids is 2. The molecule has 0 aromatic heterocycles. The van der Waals surface area contributed by atoms with Crippen molar-refractivity contribution in [3.8, 4) is 0 Å². The lowest BCUT2D eigenvalue weighted by molar-refractivity contribution is -0.256. The van der Waals surface area contributed by atoms with Crippen LogP contribution in [-0.2, 0) is 10.1 Å². The maximum Gasteiger partial charge on any atom is 0.125 e. The van der Waals surface area contributed by atoms with Gasteiger partial charge < -0.3 is 24.4 Å². The van der Waals surface area contributed by atoms with E-state index in [1.807, 2.05) is 0 Å². The molecule has 0 radical (unpaired) electrons. The summed E-state index contributed by atoms with van der Waals surface area (Å²) >= 11 is 0. The van der Waals surface area contributed by atoms with E-state index in [0.717, 1.165) is 6.07 Å². The molecule has 0 bridgehead atoms. The average molecular weight is 1200 g/mol. The lowest BCUT2D eigenvalue weighted by Crippen LogP contribution is -2.33. The fourth-order valence-corrected chi connectivity index (χ4v) is 25.1. The SMILES string of the molecule is CCCC[P+](c1ccccc1)(c1ccccc1)c1ccccc1.CCCC[P+](c1ccccc1)(c1ccccc1)c1ccccc1.CCCC[P+](c1ccccc1)(c1ccccc1)c1ccccc1.O=C([O-])c1ccc(C(=O)[O-])c(S(=O)(=O)[O-])c1. The molecule has 0 fully saturated rings. The van der Waals surface area contributed by atoms with Crippen LogP contribution in [0, 0.1) is 0 Å². The van der Waals surface area contributed by atoms with Crippen molar-refractivity contribution in [1.82, 2.24) is 0 Å². The topological polar surface area (TPSA) is 137 Å². The minimum absolute atomic E-state index is 0.419. The predicted octanol–water partition coefficient (Wildman–Crippen LogP) is 11.7. The zero-order chi connectivity index (χ0) is 60.4. The van der Waals surface area contributed by atoms with Crippen LogP contribution in [-0.4, -0.2) is 43.4 Å². The molecule has 0 aliphatic carbocycles. The molecule has 0 heterocycles. The molecule has 0 amide bonds. The van der Waals surface area contributed by atoms with Gasteiger partial charge in [0.2, 0.25) is 0 Å². The van der Waals surface area contributed by atoms with E-state index in [2.05, 4.69) is 294 Å². The Hall–Kier alpha value is -7.66. The molecule has 11 heteroatoms. The number of rotatable bonds is 21. The van der Waals surface area contributed by atoms with Gasteiger partial charge in [0.25, 0.3) is 0 Å². The molecule has 0 spiro atoms. The number of benzene rings is 10. The van der Waals surface area contributed by atoms with Crippen LogP contribution in [0.15, 0.2) is 296 Å². The van der Waals surface area contributed by atoms with Gasteiger partial charge in [0.15, 0.2) is 0 Å². The first kappa shape index (κ1) is 64.9. The van der Waals surface area contributed by atoms with Crippen molar-refractivity contribution in [3.05, 3.63) is 302 Å². The third-order valence-corrected chi connectivity index (χ3v) is 29.5. The highest BCUT2D eigenvalue weighted by atomic mass is 32.2. The van der Waals surface area contributed by atoms with Crippen LogP contribution in [0.4, 0.5) is 0 Å². The third-order valence-electron chi connectivity index (χ3n) is 15.0. The smallest absolute Gasteiger partial charge is 0.125 e. The summed E-state index contributed by atoms with van der Waals surface area (Å²) in [5.41, 5.74) is -1.50. The molecule has 10 aromatic carbocycles. The van der Waals surface area contributed by atoms with Gasteiger partial charge in [0.1, 0.15) is 79.6 Å². The maximum atomic E-state index is 10.7. The van der Waals surface area contributed by atoms with E-state index in [1.54, 1.807) is 0 Å². The number of carboxylic acids is 2. The summed E-state index contributed by atoms with van der Waals surface area (Å²) in [5.74, 6) is -3.62. The fraction of sp³-hybridized carbons (Fsp3) is 0.162. The van der Waals surface area contributed by atoms with Gasteiger partial charge in [-0.15, -0.1) is 0 Å². The lowest BCUT2D eigenvalue weighted by Gasteiger charge is -2.27. The van der Waals surface area contributed by atoms with Crippen LogP contribution >= 0.6 is 21.8 Å². The summed E-state index contributed by atoms with van der Waals surface area (Å²) < 4.78 is 32.0. The van der Waals surface area contributed by atoms with Gasteiger partial charge in [-0.05, 0) is 140 Å². The van der Waals surface area contributed by atoms with Gasteiger partial charge in [0, 0.05) is 5.56 Å². The van der Waals surface area contributed by atoms with Crippen LogP contribution < -0.4 is 58.0 Å². The maximum absolute atomic E-state index is 10.7. The van der Waals surface area contributed by atoms with E-state index in [-0.39, 0.29) is 0 Å². The summed E-state index contributed by atoms with van der Waals surface area (Å²) in [7, 11) is -9.81. The number of aromatic carboxylic acids is 2. The Bertz CT molecular complexity index is 3080. The van der Waals surface area contributed by atoms with Crippen LogP contribution in [0.2, 0.25) is 0 Å².